The zero-order valence-corrected chi connectivity index (χ0v) is 22.6. The van der Waals surface area contributed by atoms with Crippen LogP contribution in [0.5, 0.6) is 5.75 Å². The van der Waals surface area contributed by atoms with Gasteiger partial charge in [-0.15, -0.1) is 0 Å². The summed E-state index contributed by atoms with van der Waals surface area (Å²) in [6.45, 7) is 4.65. The highest BCUT2D eigenvalue weighted by molar-refractivity contribution is 6.05. The van der Waals surface area contributed by atoms with E-state index in [9.17, 15) is 9.90 Å². The molecule has 5 aromatic rings. The van der Waals surface area contributed by atoms with Crippen molar-refractivity contribution in [2.75, 3.05) is 13.2 Å². The molecule has 200 valence electrons. The number of hydrogen-bond acceptors (Lipinski definition) is 5. The Bertz CT molecular complexity index is 1690. The first-order valence-electron chi connectivity index (χ1n) is 13.6. The van der Waals surface area contributed by atoms with E-state index in [4.69, 9.17) is 9.47 Å². The molecule has 0 amide bonds. The minimum absolute atomic E-state index is 0.0282. The van der Waals surface area contributed by atoms with Gasteiger partial charge in [-0.05, 0) is 54.7 Å². The number of ether oxygens (including phenoxy) is 2. The van der Waals surface area contributed by atoms with Gasteiger partial charge in [-0.25, -0.2) is 4.79 Å². The predicted molar refractivity (Wildman–Crippen MR) is 152 cm³/mol. The average molecular weight is 524 g/mol. The number of benzene rings is 3. The highest BCUT2D eigenvalue weighted by atomic mass is 16.5. The van der Waals surface area contributed by atoms with Crippen molar-refractivity contribution in [2.24, 2.45) is 7.05 Å². The van der Waals surface area contributed by atoms with E-state index in [1.54, 1.807) is 4.68 Å². The van der Waals surface area contributed by atoms with Crippen LogP contribution < -0.4 is 4.74 Å². The van der Waals surface area contributed by atoms with Gasteiger partial charge in [0.1, 0.15) is 11.4 Å². The summed E-state index contributed by atoms with van der Waals surface area (Å²) in [6, 6.07) is 18.6. The zero-order valence-electron chi connectivity index (χ0n) is 22.6. The third-order valence-corrected chi connectivity index (χ3v) is 7.90. The SMILES string of the molecule is CCOC(=O)c1[nH]c2c3c(ccc2c1C(C)CCOc1cccc2ccccc12)CCc1nn(C)c(CO)c1-3. The third-order valence-electron chi connectivity index (χ3n) is 7.90. The van der Waals surface area contributed by atoms with Gasteiger partial charge in [0.05, 0.1) is 36.7 Å². The standard InChI is InChI=1S/C32H33N3O4/c1-4-38-32(37)31-27(19(2)16-17-39-26-11-7-9-20-8-5-6-10-22(20)26)23-14-12-21-13-15-24-29(28(21)30(23)33-31)25(18-36)35(3)34-24/h5-12,14,19,33,36H,4,13,15-18H2,1-3H3. The summed E-state index contributed by atoms with van der Waals surface area (Å²) in [5, 5.41) is 18.1. The van der Waals surface area contributed by atoms with Crippen molar-refractivity contribution < 1.29 is 19.4 Å². The molecule has 0 spiro atoms. The number of aliphatic hydroxyl groups excluding tert-OH is 1. The lowest BCUT2D eigenvalue weighted by molar-refractivity contribution is 0.0518. The van der Waals surface area contributed by atoms with E-state index in [1.165, 1.54) is 5.56 Å². The number of hydrogen-bond donors (Lipinski definition) is 2. The Labute approximate surface area is 227 Å². The van der Waals surface area contributed by atoms with Crippen LogP contribution in [-0.4, -0.2) is 39.1 Å². The molecule has 0 bridgehead atoms. The second-order valence-corrected chi connectivity index (χ2v) is 10.2. The fraction of sp³-hybridized carbons (Fsp3) is 0.312. The Balaban J connectivity index is 1.39. The molecule has 0 radical (unpaired) electrons. The largest absolute Gasteiger partial charge is 0.493 e. The summed E-state index contributed by atoms with van der Waals surface area (Å²) in [4.78, 5) is 16.6. The van der Waals surface area contributed by atoms with Crippen LogP contribution in [0, 0.1) is 0 Å². The molecule has 0 saturated heterocycles. The normalized spacial score (nSPS) is 13.3. The second kappa shape index (κ2) is 10.2. The molecule has 1 aliphatic carbocycles. The van der Waals surface area contributed by atoms with E-state index in [2.05, 4.69) is 47.3 Å². The van der Waals surface area contributed by atoms with Crippen molar-refractivity contribution in [3.05, 3.63) is 82.8 Å². The number of nitrogens with zero attached hydrogens (tertiary/aromatic N) is 2. The summed E-state index contributed by atoms with van der Waals surface area (Å²) in [5.74, 6) is 0.531. The van der Waals surface area contributed by atoms with Crippen LogP contribution in [0.3, 0.4) is 0 Å². The lowest BCUT2D eigenvalue weighted by Gasteiger charge is -2.18. The first-order valence-corrected chi connectivity index (χ1v) is 13.6. The van der Waals surface area contributed by atoms with Crippen molar-refractivity contribution in [3.8, 4) is 16.9 Å². The van der Waals surface area contributed by atoms with E-state index in [0.717, 1.165) is 74.8 Å². The fourth-order valence-corrected chi connectivity index (χ4v) is 6.03. The maximum absolute atomic E-state index is 13.2. The van der Waals surface area contributed by atoms with E-state index in [1.807, 2.05) is 38.2 Å². The number of aromatic nitrogens is 3. The molecule has 2 heterocycles. The summed E-state index contributed by atoms with van der Waals surface area (Å²) >= 11 is 0. The van der Waals surface area contributed by atoms with Gasteiger partial charge in [0.25, 0.3) is 0 Å². The van der Waals surface area contributed by atoms with Crippen molar-refractivity contribution >= 4 is 27.6 Å². The zero-order chi connectivity index (χ0) is 27.1. The van der Waals surface area contributed by atoms with Gasteiger partial charge in [-0.3, -0.25) is 4.68 Å². The molecule has 7 heteroatoms. The van der Waals surface area contributed by atoms with Crippen LogP contribution in [0.2, 0.25) is 0 Å². The highest BCUT2D eigenvalue weighted by Gasteiger charge is 2.30. The molecule has 1 unspecified atom stereocenters. The number of aliphatic hydroxyl groups is 1. The van der Waals surface area contributed by atoms with Gasteiger partial charge in [0, 0.05) is 28.9 Å². The molecular formula is C32H33N3O4. The summed E-state index contributed by atoms with van der Waals surface area (Å²) in [7, 11) is 1.87. The number of rotatable bonds is 8. The number of aromatic amines is 1. The first-order chi connectivity index (χ1) is 19.0. The molecule has 2 aromatic heterocycles. The number of nitrogens with one attached hydrogen (secondary N) is 1. The van der Waals surface area contributed by atoms with Gasteiger partial charge in [0.2, 0.25) is 0 Å². The molecule has 0 fully saturated rings. The predicted octanol–water partition coefficient (Wildman–Crippen LogP) is 6.06. The van der Waals surface area contributed by atoms with Crippen molar-refractivity contribution in [1.82, 2.24) is 14.8 Å². The third kappa shape index (κ3) is 4.27. The molecule has 39 heavy (non-hydrogen) atoms. The smallest absolute Gasteiger partial charge is 0.355 e. The maximum Gasteiger partial charge on any atom is 0.355 e. The average Bonchev–Trinajstić information content (AvgIpc) is 3.50. The highest BCUT2D eigenvalue weighted by Crippen LogP contribution is 2.43. The van der Waals surface area contributed by atoms with Crippen LogP contribution in [-0.2, 0) is 31.2 Å². The minimum Gasteiger partial charge on any atom is -0.493 e. The first kappa shape index (κ1) is 25.2. The van der Waals surface area contributed by atoms with Gasteiger partial charge >= 0.3 is 5.97 Å². The van der Waals surface area contributed by atoms with E-state index >= 15 is 0 Å². The summed E-state index contributed by atoms with van der Waals surface area (Å²) < 4.78 is 13.5. The van der Waals surface area contributed by atoms with Crippen molar-refractivity contribution in [3.63, 3.8) is 0 Å². The Morgan fingerprint density at radius 2 is 1.90 bits per heavy atom. The number of aryl methyl sites for hydroxylation is 3. The quantitative estimate of drug-likeness (QED) is 0.241. The van der Waals surface area contributed by atoms with Crippen LogP contribution in [0.15, 0.2) is 54.6 Å². The summed E-state index contributed by atoms with van der Waals surface area (Å²) in [5.41, 5.74) is 7.28. The summed E-state index contributed by atoms with van der Waals surface area (Å²) in [6.07, 6.45) is 2.40. The lowest BCUT2D eigenvalue weighted by Crippen LogP contribution is -2.11. The van der Waals surface area contributed by atoms with Gasteiger partial charge in [-0.1, -0.05) is 55.5 Å². The van der Waals surface area contributed by atoms with Crippen LogP contribution in [0.4, 0.5) is 0 Å². The van der Waals surface area contributed by atoms with E-state index < -0.39 is 0 Å². The van der Waals surface area contributed by atoms with Gasteiger partial charge in [0.15, 0.2) is 0 Å². The van der Waals surface area contributed by atoms with Crippen molar-refractivity contribution in [2.45, 2.75) is 45.6 Å². The molecule has 0 aliphatic heterocycles. The number of esters is 1. The van der Waals surface area contributed by atoms with Gasteiger partial charge in [-0.2, -0.15) is 5.10 Å². The number of H-pyrrole nitrogens is 1. The molecule has 2 N–H and O–H groups in total. The molecular weight excluding hydrogens is 490 g/mol. The van der Waals surface area contributed by atoms with Crippen LogP contribution in [0.1, 0.15) is 59.2 Å². The Morgan fingerprint density at radius 3 is 2.72 bits per heavy atom. The van der Waals surface area contributed by atoms with Gasteiger partial charge < -0.3 is 19.6 Å². The molecule has 0 saturated carbocycles. The lowest BCUT2D eigenvalue weighted by atomic mass is 9.85. The molecule has 3 aromatic carbocycles. The molecule has 1 atom stereocenters. The Morgan fingerprint density at radius 1 is 1.08 bits per heavy atom. The number of fused-ring (bicyclic) bond motifs is 6. The van der Waals surface area contributed by atoms with Crippen LogP contribution >= 0.6 is 0 Å². The van der Waals surface area contributed by atoms with E-state index in [-0.39, 0.29) is 18.5 Å². The van der Waals surface area contributed by atoms with Crippen LogP contribution in [0.25, 0.3) is 32.8 Å². The molecule has 6 rings (SSSR count). The fourth-order valence-electron chi connectivity index (χ4n) is 6.03. The van der Waals surface area contributed by atoms with Crippen molar-refractivity contribution in [1.29, 1.82) is 0 Å². The second-order valence-electron chi connectivity index (χ2n) is 10.2. The topological polar surface area (TPSA) is 89.4 Å². The Hall–Kier alpha value is -4.10. The maximum atomic E-state index is 13.2. The number of carbonyl (C=O) groups is 1. The molecule has 7 nitrogen and oxygen atoms in total. The minimum atomic E-state index is -0.358. The number of carbonyl (C=O) groups excluding carboxylic acids is 1. The Kier molecular flexibility index (Phi) is 6.61. The monoisotopic (exact) mass is 523 g/mol. The molecule has 1 aliphatic rings. The van der Waals surface area contributed by atoms with E-state index in [0.29, 0.717) is 18.9 Å².